The molecule has 0 unspecified atom stereocenters. The summed E-state index contributed by atoms with van der Waals surface area (Å²) >= 11 is 0. The standard InChI is InChI=1S/C18H14F3N3O4S/c1-11-9-13(22-17(25)15-7-8-28-23-15)5-6-16(11)29(26,27)24-14-4-2-3-12(10-14)18(19,20)21/h2-10,24H,1H3,(H,22,25). The van der Waals surface area contributed by atoms with Gasteiger partial charge in [-0.05, 0) is 48.9 Å². The number of carbonyl (C=O) groups excluding carboxylic acids is 1. The summed E-state index contributed by atoms with van der Waals surface area (Å²) in [4.78, 5) is 11.8. The van der Waals surface area contributed by atoms with Crippen molar-refractivity contribution >= 4 is 27.3 Å². The molecule has 29 heavy (non-hydrogen) atoms. The van der Waals surface area contributed by atoms with Crippen molar-refractivity contribution in [1.82, 2.24) is 5.16 Å². The summed E-state index contributed by atoms with van der Waals surface area (Å²) in [5, 5.41) is 6.03. The maximum absolute atomic E-state index is 12.8. The Hall–Kier alpha value is -3.34. The summed E-state index contributed by atoms with van der Waals surface area (Å²) in [6.07, 6.45) is -3.36. The highest BCUT2D eigenvalue weighted by Crippen LogP contribution is 2.31. The first-order valence-electron chi connectivity index (χ1n) is 8.09. The third kappa shape index (κ3) is 4.74. The maximum Gasteiger partial charge on any atom is 0.416 e. The van der Waals surface area contributed by atoms with E-state index < -0.39 is 27.7 Å². The Morgan fingerprint density at radius 2 is 1.83 bits per heavy atom. The molecule has 1 aromatic heterocycles. The van der Waals surface area contributed by atoms with Crippen molar-refractivity contribution < 1.29 is 30.9 Å². The second-order valence-corrected chi connectivity index (χ2v) is 7.65. The quantitative estimate of drug-likeness (QED) is 0.642. The van der Waals surface area contributed by atoms with Crippen molar-refractivity contribution in [2.24, 2.45) is 0 Å². The van der Waals surface area contributed by atoms with E-state index in [9.17, 15) is 26.4 Å². The van der Waals surface area contributed by atoms with Gasteiger partial charge in [-0.2, -0.15) is 13.2 Å². The van der Waals surface area contributed by atoms with E-state index in [-0.39, 0.29) is 21.8 Å². The number of halogens is 3. The van der Waals surface area contributed by atoms with Gasteiger partial charge < -0.3 is 9.84 Å². The van der Waals surface area contributed by atoms with E-state index in [1.54, 1.807) is 0 Å². The number of nitrogens with one attached hydrogen (secondary N) is 2. The van der Waals surface area contributed by atoms with Crippen LogP contribution in [0.15, 0.2) is 64.2 Å². The van der Waals surface area contributed by atoms with E-state index in [0.717, 1.165) is 12.1 Å². The minimum Gasteiger partial charge on any atom is -0.364 e. The molecule has 0 spiro atoms. The molecule has 7 nitrogen and oxygen atoms in total. The molecule has 11 heteroatoms. The first-order chi connectivity index (χ1) is 13.6. The zero-order valence-corrected chi connectivity index (χ0v) is 15.6. The molecule has 2 N–H and O–H groups in total. The van der Waals surface area contributed by atoms with Crippen molar-refractivity contribution in [3.05, 3.63) is 71.6 Å². The second-order valence-electron chi connectivity index (χ2n) is 6.00. The fourth-order valence-corrected chi connectivity index (χ4v) is 3.80. The van der Waals surface area contributed by atoms with Crippen LogP contribution >= 0.6 is 0 Å². The van der Waals surface area contributed by atoms with Crippen LogP contribution in [0.5, 0.6) is 0 Å². The van der Waals surface area contributed by atoms with Crippen molar-refractivity contribution in [3.63, 3.8) is 0 Å². The minimum absolute atomic E-state index is 0.0468. The number of aromatic nitrogens is 1. The molecular weight excluding hydrogens is 411 g/mol. The highest BCUT2D eigenvalue weighted by Gasteiger charge is 2.30. The van der Waals surface area contributed by atoms with E-state index >= 15 is 0 Å². The molecule has 0 aliphatic heterocycles. The molecule has 3 aromatic rings. The lowest BCUT2D eigenvalue weighted by molar-refractivity contribution is -0.137. The van der Waals surface area contributed by atoms with Gasteiger partial charge in [-0.1, -0.05) is 11.2 Å². The zero-order chi connectivity index (χ0) is 21.2. The number of nitrogens with zero attached hydrogens (tertiary/aromatic N) is 1. The predicted octanol–water partition coefficient (Wildman–Crippen LogP) is 4.05. The first kappa shape index (κ1) is 20.4. The number of rotatable bonds is 5. The van der Waals surface area contributed by atoms with Crippen LogP contribution in [0.1, 0.15) is 21.6 Å². The van der Waals surface area contributed by atoms with Gasteiger partial charge in [0.2, 0.25) is 0 Å². The van der Waals surface area contributed by atoms with Gasteiger partial charge in [-0.3, -0.25) is 9.52 Å². The second kappa shape index (κ2) is 7.59. The number of hydrogen-bond acceptors (Lipinski definition) is 5. The summed E-state index contributed by atoms with van der Waals surface area (Å²) in [5.74, 6) is -0.546. The topological polar surface area (TPSA) is 101 Å². The average Bonchev–Trinajstić information content (AvgIpc) is 3.15. The first-order valence-corrected chi connectivity index (χ1v) is 9.57. The SMILES string of the molecule is Cc1cc(NC(=O)c2ccon2)ccc1S(=O)(=O)Nc1cccc(C(F)(F)F)c1. The zero-order valence-electron chi connectivity index (χ0n) is 14.8. The number of sulfonamides is 1. The van der Waals surface area contributed by atoms with Crippen LogP contribution < -0.4 is 10.0 Å². The van der Waals surface area contributed by atoms with E-state index in [4.69, 9.17) is 0 Å². The lowest BCUT2D eigenvalue weighted by Crippen LogP contribution is -2.16. The molecule has 0 aliphatic carbocycles. The van der Waals surface area contributed by atoms with Crippen LogP contribution in [-0.2, 0) is 16.2 Å². The van der Waals surface area contributed by atoms with Gasteiger partial charge in [-0.15, -0.1) is 0 Å². The van der Waals surface area contributed by atoms with Gasteiger partial charge in [0.05, 0.1) is 10.5 Å². The molecule has 1 amide bonds. The molecule has 0 radical (unpaired) electrons. The summed E-state index contributed by atoms with van der Waals surface area (Å²) in [6, 6.07) is 9.24. The lowest BCUT2D eigenvalue weighted by atomic mass is 10.2. The summed E-state index contributed by atoms with van der Waals surface area (Å²) < 4.78 is 70.4. The van der Waals surface area contributed by atoms with Gasteiger partial charge in [-0.25, -0.2) is 8.42 Å². The monoisotopic (exact) mass is 425 g/mol. The van der Waals surface area contributed by atoms with Crippen LogP contribution in [-0.4, -0.2) is 19.5 Å². The Kier molecular flexibility index (Phi) is 5.33. The number of hydrogen-bond donors (Lipinski definition) is 2. The van der Waals surface area contributed by atoms with Crippen molar-refractivity contribution in [2.45, 2.75) is 18.0 Å². The third-order valence-electron chi connectivity index (χ3n) is 3.83. The number of anilines is 2. The molecular formula is C18H14F3N3O4S. The Balaban J connectivity index is 1.81. The predicted molar refractivity (Wildman–Crippen MR) is 97.9 cm³/mol. The Labute approximate surface area is 163 Å². The van der Waals surface area contributed by atoms with E-state index in [0.29, 0.717) is 11.8 Å². The van der Waals surface area contributed by atoms with Gasteiger partial charge >= 0.3 is 6.18 Å². The maximum atomic E-state index is 12.8. The fourth-order valence-electron chi connectivity index (χ4n) is 2.52. The van der Waals surface area contributed by atoms with E-state index in [2.05, 4.69) is 19.7 Å². The van der Waals surface area contributed by atoms with Crippen LogP contribution in [0, 0.1) is 6.92 Å². The lowest BCUT2D eigenvalue weighted by Gasteiger charge is -2.13. The van der Waals surface area contributed by atoms with Gasteiger partial charge in [0, 0.05) is 17.4 Å². The molecule has 2 aromatic carbocycles. The smallest absolute Gasteiger partial charge is 0.364 e. The molecule has 0 saturated heterocycles. The van der Waals surface area contributed by atoms with Gasteiger partial charge in [0.15, 0.2) is 5.69 Å². The molecule has 3 rings (SSSR count). The van der Waals surface area contributed by atoms with Crippen LogP contribution in [0.2, 0.25) is 0 Å². The Bertz CT molecular complexity index is 1140. The molecule has 0 aliphatic rings. The molecule has 0 atom stereocenters. The number of alkyl halides is 3. The van der Waals surface area contributed by atoms with E-state index in [1.165, 1.54) is 43.5 Å². The Morgan fingerprint density at radius 3 is 2.45 bits per heavy atom. The molecule has 1 heterocycles. The summed E-state index contributed by atoms with van der Waals surface area (Å²) in [5.41, 5.74) is -0.551. The number of amides is 1. The van der Waals surface area contributed by atoms with Crippen molar-refractivity contribution in [1.29, 1.82) is 0 Å². The minimum atomic E-state index is -4.60. The van der Waals surface area contributed by atoms with Crippen molar-refractivity contribution in [3.8, 4) is 0 Å². The third-order valence-corrected chi connectivity index (χ3v) is 5.38. The number of carbonyl (C=O) groups is 1. The molecule has 152 valence electrons. The summed E-state index contributed by atoms with van der Waals surface area (Å²) in [7, 11) is -4.15. The molecule has 0 bridgehead atoms. The van der Waals surface area contributed by atoms with Gasteiger partial charge in [0.1, 0.15) is 6.26 Å². The Morgan fingerprint density at radius 1 is 1.07 bits per heavy atom. The van der Waals surface area contributed by atoms with Crippen LogP contribution in [0.25, 0.3) is 0 Å². The molecule has 0 saturated carbocycles. The largest absolute Gasteiger partial charge is 0.416 e. The highest BCUT2D eigenvalue weighted by molar-refractivity contribution is 7.92. The molecule has 0 fully saturated rings. The number of aryl methyl sites for hydroxylation is 1. The summed E-state index contributed by atoms with van der Waals surface area (Å²) in [6.45, 7) is 1.49. The van der Waals surface area contributed by atoms with Crippen molar-refractivity contribution in [2.75, 3.05) is 10.0 Å². The normalized spacial score (nSPS) is 11.9. The fraction of sp³-hybridized carbons (Fsp3) is 0.111. The van der Waals surface area contributed by atoms with Crippen LogP contribution in [0.4, 0.5) is 24.5 Å². The van der Waals surface area contributed by atoms with E-state index in [1.807, 2.05) is 0 Å². The van der Waals surface area contributed by atoms with Crippen LogP contribution in [0.3, 0.4) is 0 Å². The number of benzene rings is 2. The average molecular weight is 425 g/mol. The highest BCUT2D eigenvalue weighted by atomic mass is 32.2. The van der Waals surface area contributed by atoms with Gasteiger partial charge in [0.25, 0.3) is 15.9 Å².